The Kier molecular flexibility index (Phi) is 6.96. The van der Waals surface area contributed by atoms with Crippen molar-refractivity contribution in [1.82, 2.24) is 9.80 Å². The third-order valence-corrected chi connectivity index (χ3v) is 5.08. The lowest BCUT2D eigenvalue weighted by Gasteiger charge is -2.36. The van der Waals surface area contributed by atoms with E-state index in [0.717, 1.165) is 57.5 Å². The summed E-state index contributed by atoms with van der Waals surface area (Å²) in [6.07, 6.45) is -0.498. The molecule has 144 valence electrons. The number of β-amino-alcohol motifs (C(OH)–C–C–N with tert-alkyl or cyclic N) is 1. The van der Waals surface area contributed by atoms with E-state index < -0.39 is 6.10 Å². The maximum atomic E-state index is 10.2. The fraction of sp³-hybridized carbons (Fsp3) is 0.611. The molecule has 0 spiro atoms. The Morgan fingerprint density at radius 3 is 2.42 bits per heavy atom. The summed E-state index contributed by atoms with van der Waals surface area (Å²) in [5.41, 5.74) is 7.30. The molecule has 8 heteroatoms. The van der Waals surface area contributed by atoms with Gasteiger partial charge in [-0.3, -0.25) is 9.89 Å². The molecular weight excluding hydrogens is 354 g/mol. The van der Waals surface area contributed by atoms with Crippen molar-refractivity contribution in [3.8, 4) is 0 Å². The lowest BCUT2D eigenvalue weighted by Crippen LogP contribution is -2.51. The van der Waals surface area contributed by atoms with Crippen LogP contribution in [0.1, 0.15) is 0 Å². The molecule has 7 nitrogen and oxygen atoms in total. The normalized spacial score (nSPS) is 21.1. The second-order valence-corrected chi connectivity index (χ2v) is 7.15. The maximum Gasteiger partial charge on any atom is 0.191 e. The minimum Gasteiger partial charge on any atom is -0.390 e. The van der Waals surface area contributed by atoms with Gasteiger partial charge in [0.15, 0.2) is 5.96 Å². The van der Waals surface area contributed by atoms with Crippen LogP contribution < -0.4 is 10.6 Å². The van der Waals surface area contributed by atoms with Gasteiger partial charge in [0.1, 0.15) is 0 Å². The largest absolute Gasteiger partial charge is 0.390 e. The van der Waals surface area contributed by atoms with Gasteiger partial charge in [-0.2, -0.15) is 0 Å². The monoisotopic (exact) mass is 381 g/mol. The summed E-state index contributed by atoms with van der Waals surface area (Å²) in [5, 5.41) is 10.9. The highest BCUT2D eigenvalue weighted by atomic mass is 35.5. The number of nitrogens with two attached hydrogens (primary N) is 1. The molecule has 2 aliphatic rings. The van der Waals surface area contributed by atoms with Crippen LogP contribution in [0.2, 0.25) is 5.02 Å². The van der Waals surface area contributed by atoms with E-state index >= 15 is 0 Å². The van der Waals surface area contributed by atoms with Gasteiger partial charge in [-0.1, -0.05) is 11.6 Å². The number of hydrogen-bond donors (Lipinski definition) is 2. The highest BCUT2D eigenvalue weighted by Gasteiger charge is 2.19. The molecule has 1 aromatic carbocycles. The number of aliphatic hydroxyl groups is 1. The van der Waals surface area contributed by atoms with Gasteiger partial charge in [-0.25, -0.2) is 0 Å². The van der Waals surface area contributed by atoms with E-state index in [4.69, 9.17) is 22.1 Å². The number of morpholine rings is 1. The van der Waals surface area contributed by atoms with Crippen LogP contribution in [0.25, 0.3) is 0 Å². The smallest absolute Gasteiger partial charge is 0.191 e. The van der Waals surface area contributed by atoms with Gasteiger partial charge in [0, 0.05) is 56.5 Å². The molecule has 2 aliphatic heterocycles. The number of hydrogen-bond acceptors (Lipinski definition) is 5. The molecule has 0 amide bonds. The van der Waals surface area contributed by atoms with Crippen LogP contribution in [0.15, 0.2) is 29.3 Å². The molecule has 3 N–H and O–H groups in total. The number of aliphatic imine (C=N–C) groups is 1. The molecule has 0 aromatic heterocycles. The highest BCUT2D eigenvalue weighted by molar-refractivity contribution is 6.30. The minimum atomic E-state index is -0.498. The number of rotatable bonds is 5. The molecule has 2 heterocycles. The summed E-state index contributed by atoms with van der Waals surface area (Å²) in [6, 6.07) is 7.90. The third-order valence-electron chi connectivity index (χ3n) is 4.83. The topological polar surface area (TPSA) is 77.6 Å². The number of ether oxygens (including phenoxy) is 1. The predicted octanol–water partition coefficient (Wildman–Crippen LogP) is 0.470. The van der Waals surface area contributed by atoms with Crippen LogP contribution in [0.4, 0.5) is 5.69 Å². The van der Waals surface area contributed by atoms with E-state index in [9.17, 15) is 5.11 Å². The van der Waals surface area contributed by atoms with Crippen LogP contribution in [-0.2, 0) is 4.74 Å². The molecule has 3 rings (SSSR count). The first kappa shape index (κ1) is 19.2. The Morgan fingerprint density at radius 2 is 1.77 bits per heavy atom. The number of benzene rings is 1. The quantitative estimate of drug-likeness (QED) is 0.570. The molecular formula is C18H28ClN5O2. The number of halogens is 1. The Morgan fingerprint density at radius 1 is 1.12 bits per heavy atom. The molecule has 2 fully saturated rings. The maximum absolute atomic E-state index is 10.2. The summed E-state index contributed by atoms with van der Waals surface area (Å²) in [6.45, 7) is 7.54. The molecule has 0 bridgehead atoms. The Bertz CT molecular complexity index is 584. The first-order valence-corrected chi connectivity index (χ1v) is 9.53. The summed E-state index contributed by atoms with van der Waals surface area (Å²) in [4.78, 5) is 11.0. The standard InChI is InChI=1S/C18H28ClN5O2/c19-15-1-3-16(4-2-15)23-5-7-24(8-6-23)18(20)21-13-17(25)14-22-9-11-26-12-10-22/h1-4,17,25H,5-14H2,(H2,20,21). The van der Waals surface area contributed by atoms with Crippen molar-refractivity contribution in [2.75, 3.05) is 70.5 Å². The van der Waals surface area contributed by atoms with Crippen molar-refractivity contribution in [1.29, 1.82) is 0 Å². The summed E-state index contributed by atoms with van der Waals surface area (Å²) in [7, 11) is 0. The lowest BCUT2D eigenvalue weighted by molar-refractivity contribution is 0.0164. The molecule has 2 saturated heterocycles. The number of aliphatic hydroxyl groups excluding tert-OH is 1. The Balaban J connectivity index is 1.42. The molecule has 1 unspecified atom stereocenters. The van der Waals surface area contributed by atoms with Gasteiger partial charge in [0.05, 0.1) is 25.9 Å². The number of nitrogens with zero attached hydrogens (tertiary/aromatic N) is 4. The summed E-state index contributed by atoms with van der Waals surface area (Å²) >= 11 is 5.95. The van der Waals surface area contributed by atoms with E-state index in [-0.39, 0.29) is 0 Å². The van der Waals surface area contributed by atoms with Gasteiger partial charge >= 0.3 is 0 Å². The van der Waals surface area contributed by atoms with E-state index in [0.29, 0.717) is 19.0 Å². The average Bonchev–Trinajstić information content (AvgIpc) is 2.68. The third kappa shape index (κ3) is 5.48. The number of guanidine groups is 1. The van der Waals surface area contributed by atoms with Gasteiger partial charge < -0.3 is 25.4 Å². The Hall–Kier alpha value is -1.54. The summed E-state index contributed by atoms with van der Waals surface area (Å²) in [5.74, 6) is 0.516. The summed E-state index contributed by atoms with van der Waals surface area (Å²) < 4.78 is 5.32. The fourth-order valence-electron chi connectivity index (χ4n) is 3.28. The SMILES string of the molecule is NC(=NCC(O)CN1CCOCC1)N1CCN(c2ccc(Cl)cc2)CC1. The van der Waals surface area contributed by atoms with E-state index in [1.807, 2.05) is 24.3 Å². The van der Waals surface area contributed by atoms with Gasteiger partial charge in [-0.15, -0.1) is 0 Å². The van der Waals surface area contributed by atoms with E-state index in [2.05, 4.69) is 19.7 Å². The van der Waals surface area contributed by atoms with Crippen LogP contribution >= 0.6 is 11.6 Å². The van der Waals surface area contributed by atoms with Gasteiger partial charge in [0.2, 0.25) is 0 Å². The van der Waals surface area contributed by atoms with Crippen molar-refractivity contribution >= 4 is 23.2 Å². The zero-order chi connectivity index (χ0) is 18.4. The molecule has 1 aromatic rings. The van der Waals surface area contributed by atoms with Gasteiger partial charge in [0.25, 0.3) is 0 Å². The van der Waals surface area contributed by atoms with Crippen LogP contribution in [0.5, 0.6) is 0 Å². The molecule has 0 saturated carbocycles. The van der Waals surface area contributed by atoms with Crippen molar-refractivity contribution in [3.05, 3.63) is 29.3 Å². The fourth-order valence-corrected chi connectivity index (χ4v) is 3.41. The average molecular weight is 382 g/mol. The molecule has 1 atom stereocenters. The van der Waals surface area contributed by atoms with Crippen molar-refractivity contribution in [2.24, 2.45) is 10.7 Å². The van der Waals surface area contributed by atoms with E-state index in [1.165, 1.54) is 5.69 Å². The second kappa shape index (κ2) is 9.41. The first-order chi connectivity index (χ1) is 12.6. The Labute approximate surface area is 160 Å². The number of anilines is 1. The van der Waals surface area contributed by atoms with Crippen molar-refractivity contribution in [3.63, 3.8) is 0 Å². The molecule has 0 radical (unpaired) electrons. The number of piperazine rings is 1. The first-order valence-electron chi connectivity index (χ1n) is 9.15. The van der Waals surface area contributed by atoms with Crippen molar-refractivity contribution < 1.29 is 9.84 Å². The van der Waals surface area contributed by atoms with Crippen LogP contribution in [0.3, 0.4) is 0 Å². The predicted molar refractivity (Wildman–Crippen MR) is 105 cm³/mol. The van der Waals surface area contributed by atoms with Crippen molar-refractivity contribution in [2.45, 2.75) is 6.10 Å². The van der Waals surface area contributed by atoms with Gasteiger partial charge in [-0.05, 0) is 24.3 Å². The minimum absolute atomic E-state index is 0.334. The second-order valence-electron chi connectivity index (χ2n) is 6.72. The van der Waals surface area contributed by atoms with E-state index in [1.54, 1.807) is 0 Å². The zero-order valence-corrected chi connectivity index (χ0v) is 15.8. The van der Waals surface area contributed by atoms with Crippen LogP contribution in [0, 0.1) is 0 Å². The highest BCUT2D eigenvalue weighted by Crippen LogP contribution is 2.19. The molecule has 26 heavy (non-hydrogen) atoms. The molecule has 0 aliphatic carbocycles. The zero-order valence-electron chi connectivity index (χ0n) is 15.1. The lowest BCUT2D eigenvalue weighted by atomic mass is 10.2. The van der Waals surface area contributed by atoms with Crippen LogP contribution in [-0.4, -0.2) is 92.5 Å².